The summed E-state index contributed by atoms with van der Waals surface area (Å²) in [5.41, 5.74) is 0.747. The average Bonchev–Trinajstić information content (AvgIpc) is 3.25. The molecule has 0 atom stereocenters. The highest BCUT2D eigenvalue weighted by atomic mass is 32.2. The van der Waals surface area contributed by atoms with Gasteiger partial charge in [-0.25, -0.2) is 9.37 Å². The van der Waals surface area contributed by atoms with Crippen molar-refractivity contribution in [2.75, 3.05) is 12.8 Å². The molecule has 0 aliphatic heterocycles. The summed E-state index contributed by atoms with van der Waals surface area (Å²) in [5.74, 6) is 0.518. The molecule has 4 nitrogen and oxygen atoms in total. The van der Waals surface area contributed by atoms with Gasteiger partial charge in [-0.3, -0.25) is 4.79 Å². The van der Waals surface area contributed by atoms with Gasteiger partial charge < -0.3 is 9.32 Å². The second-order valence-electron chi connectivity index (χ2n) is 5.12. The Hall–Kier alpha value is -2.12. The summed E-state index contributed by atoms with van der Waals surface area (Å²) in [6, 6.07) is 9.97. The van der Waals surface area contributed by atoms with Crippen LogP contribution in [0.4, 0.5) is 4.39 Å². The van der Waals surface area contributed by atoms with Gasteiger partial charge in [0, 0.05) is 17.5 Å². The molecule has 0 fully saturated rings. The second kappa shape index (κ2) is 7.63. The molecular formula is C17H15FN2O2S2. The summed E-state index contributed by atoms with van der Waals surface area (Å²) in [4.78, 5) is 19.1. The third-order valence-electron chi connectivity index (χ3n) is 3.33. The maximum atomic E-state index is 12.9. The highest BCUT2D eigenvalue weighted by molar-refractivity contribution is 7.99. The van der Waals surface area contributed by atoms with E-state index in [2.05, 4.69) is 4.98 Å². The zero-order valence-electron chi connectivity index (χ0n) is 12.9. The van der Waals surface area contributed by atoms with Gasteiger partial charge >= 0.3 is 0 Å². The average molecular weight is 362 g/mol. The fourth-order valence-electron chi connectivity index (χ4n) is 2.03. The Balaban J connectivity index is 1.55. The maximum absolute atomic E-state index is 12.9. The van der Waals surface area contributed by atoms with Crippen molar-refractivity contribution in [1.82, 2.24) is 9.88 Å². The van der Waals surface area contributed by atoms with E-state index in [1.165, 1.54) is 23.9 Å². The number of thiophene rings is 1. The quantitative estimate of drug-likeness (QED) is 0.614. The van der Waals surface area contributed by atoms with E-state index in [9.17, 15) is 9.18 Å². The lowest BCUT2D eigenvalue weighted by Gasteiger charge is -2.15. The predicted octanol–water partition coefficient (Wildman–Crippen LogP) is 4.29. The van der Waals surface area contributed by atoms with Crippen molar-refractivity contribution < 1.29 is 13.6 Å². The molecule has 0 bridgehead atoms. The second-order valence-corrected chi connectivity index (χ2v) is 7.07. The molecule has 0 spiro atoms. The summed E-state index contributed by atoms with van der Waals surface area (Å²) in [7, 11) is 1.78. The van der Waals surface area contributed by atoms with E-state index >= 15 is 0 Å². The Morgan fingerprint density at radius 2 is 2.12 bits per heavy atom. The van der Waals surface area contributed by atoms with E-state index in [-0.39, 0.29) is 17.5 Å². The standard InChI is InChI=1S/C17H15FN2O2S2/c1-20(10-14-3-2-8-23-14)16(21)11-24-17-19-9-15(22-17)12-4-6-13(18)7-5-12/h2-9H,10-11H2,1H3. The van der Waals surface area contributed by atoms with E-state index in [0.29, 0.717) is 17.5 Å². The first kappa shape index (κ1) is 16.7. The Labute approximate surface area is 147 Å². The van der Waals surface area contributed by atoms with Gasteiger partial charge in [-0.15, -0.1) is 11.3 Å². The maximum Gasteiger partial charge on any atom is 0.256 e. The monoisotopic (exact) mass is 362 g/mol. The van der Waals surface area contributed by atoms with Crippen LogP contribution < -0.4 is 0 Å². The Morgan fingerprint density at radius 1 is 1.33 bits per heavy atom. The lowest BCUT2D eigenvalue weighted by atomic mass is 10.2. The molecule has 1 aromatic carbocycles. The van der Waals surface area contributed by atoms with E-state index in [1.54, 1.807) is 41.6 Å². The highest BCUT2D eigenvalue weighted by Crippen LogP contribution is 2.25. The third kappa shape index (κ3) is 4.24. The summed E-state index contributed by atoms with van der Waals surface area (Å²) < 4.78 is 18.5. The summed E-state index contributed by atoms with van der Waals surface area (Å²) >= 11 is 2.88. The van der Waals surface area contributed by atoms with Crippen molar-refractivity contribution in [2.45, 2.75) is 11.8 Å². The SMILES string of the molecule is CN(Cc1cccs1)C(=O)CSc1ncc(-c2ccc(F)cc2)o1. The number of hydrogen-bond donors (Lipinski definition) is 0. The predicted molar refractivity (Wildman–Crippen MR) is 93.4 cm³/mol. The zero-order chi connectivity index (χ0) is 16.9. The molecule has 0 unspecified atom stereocenters. The number of rotatable bonds is 6. The summed E-state index contributed by atoms with van der Waals surface area (Å²) in [5, 5.41) is 2.42. The van der Waals surface area contributed by atoms with Crippen LogP contribution >= 0.6 is 23.1 Å². The van der Waals surface area contributed by atoms with Crippen molar-refractivity contribution in [3.63, 3.8) is 0 Å². The van der Waals surface area contributed by atoms with E-state index in [1.807, 2.05) is 17.5 Å². The van der Waals surface area contributed by atoms with Crippen LogP contribution in [-0.4, -0.2) is 28.6 Å². The number of aromatic nitrogens is 1. The van der Waals surface area contributed by atoms with Crippen LogP contribution in [0.3, 0.4) is 0 Å². The van der Waals surface area contributed by atoms with Gasteiger partial charge in [0.2, 0.25) is 5.91 Å². The number of benzene rings is 1. The molecule has 2 aromatic heterocycles. The normalized spacial score (nSPS) is 10.8. The molecule has 7 heteroatoms. The molecule has 124 valence electrons. The molecule has 24 heavy (non-hydrogen) atoms. The molecule has 0 saturated heterocycles. The first-order chi connectivity index (χ1) is 11.6. The van der Waals surface area contributed by atoms with E-state index < -0.39 is 0 Å². The molecule has 0 N–H and O–H groups in total. The number of hydrogen-bond acceptors (Lipinski definition) is 5. The van der Waals surface area contributed by atoms with Crippen molar-refractivity contribution >= 4 is 29.0 Å². The van der Waals surface area contributed by atoms with Gasteiger partial charge in [0.1, 0.15) is 5.82 Å². The third-order valence-corrected chi connectivity index (χ3v) is 5.02. The van der Waals surface area contributed by atoms with Gasteiger partial charge in [0.15, 0.2) is 5.76 Å². The van der Waals surface area contributed by atoms with Gasteiger partial charge in [-0.1, -0.05) is 17.8 Å². The molecular weight excluding hydrogens is 347 g/mol. The minimum Gasteiger partial charge on any atom is -0.431 e. The lowest BCUT2D eigenvalue weighted by molar-refractivity contribution is -0.127. The Kier molecular flexibility index (Phi) is 5.32. The molecule has 1 amide bonds. The van der Waals surface area contributed by atoms with Crippen LogP contribution in [0.5, 0.6) is 0 Å². The van der Waals surface area contributed by atoms with Crippen LogP contribution in [0.2, 0.25) is 0 Å². The van der Waals surface area contributed by atoms with Crippen LogP contribution in [0.1, 0.15) is 4.88 Å². The van der Waals surface area contributed by atoms with Crippen LogP contribution in [0, 0.1) is 5.82 Å². The van der Waals surface area contributed by atoms with Gasteiger partial charge in [-0.2, -0.15) is 0 Å². The highest BCUT2D eigenvalue weighted by Gasteiger charge is 2.13. The first-order valence-corrected chi connectivity index (χ1v) is 9.09. The largest absolute Gasteiger partial charge is 0.431 e. The van der Waals surface area contributed by atoms with Crippen molar-refractivity contribution in [3.8, 4) is 11.3 Å². The minimum absolute atomic E-state index is 0.00920. The molecule has 2 heterocycles. The summed E-state index contributed by atoms with van der Waals surface area (Å²) in [6.45, 7) is 0.601. The van der Waals surface area contributed by atoms with Crippen LogP contribution in [-0.2, 0) is 11.3 Å². The van der Waals surface area contributed by atoms with Crippen molar-refractivity contribution in [2.24, 2.45) is 0 Å². The van der Waals surface area contributed by atoms with Crippen LogP contribution in [0.15, 0.2) is 57.6 Å². The lowest BCUT2D eigenvalue weighted by Crippen LogP contribution is -2.27. The number of nitrogens with zero attached hydrogens (tertiary/aromatic N) is 2. The number of thioether (sulfide) groups is 1. The van der Waals surface area contributed by atoms with Crippen molar-refractivity contribution in [3.05, 3.63) is 58.7 Å². The topological polar surface area (TPSA) is 46.3 Å². The number of carbonyl (C=O) groups is 1. The smallest absolute Gasteiger partial charge is 0.256 e. The number of halogens is 1. The van der Waals surface area contributed by atoms with Crippen molar-refractivity contribution in [1.29, 1.82) is 0 Å². The number of amides is 1. The Morgan fingerprint density at radius 3 is 2.83 bits per heavy atom. The van der Waals surface area contributed by atoms with Gasteiger partial charge in [0.05, 0.1) is 18.5 Å². The zero-order valence-corrected chi connectivity index (χ0v) is 14.6. The number of carbonyl (C=O) groups excluding carboxylic acids is 1. The van der Waals surface area contributed by atoms with Gasteiger partial charge in [-0.05, 0) is 35.7 Å². The van der Waals surface area contributed by atoms with Gasteiger partial charge in [0.25, 0.3) is 5.22 Å². The first-order valence-electron chi connectivity index (χ1n) is 7.23. The molecule has 0 saturated carbocycles. The summed E-state index contributed by atoms with van der Waals surface area (Å²) in [6.07, 6.45) is 1.58. The molecule has 0 radical (unpaired) electrons. The van der Waals surface area contributed by atoms with E-state index in [0.717, 1.165) is 10.4 Å². The molecule has 3 rings (SSSR count). The molecule has 0 aliphatic rings. The Bertz CT molecular complexity index is 800. The number of oxazole rings is 1. The minimum atomic E-state index is -0.299. The van der Waals surface area contributed by atoms with E-state index in [4.69, 9.17) is 4.42 Å². The molecule has 3 aromatic rings. The molecule has 0 aliphatic carbocycles. The van der Waals surface area contributed by atoms with Crippen LogP contribution in [0.25, 0.3) is 11.3 Å². The fraction of sp³-hybridized carbons (Fsp3) is 0.176. The fourth-order valence-corrected chi connectivity index (χ4v) is 3.53.